The zero-order valence-corrected chi connectivity index (χ0v) is 8.91. The average molecular weight is 228 g/mol. The lowest BCUT2D eigenvalue weighted by atomic mass is 10.2. The first-order valence-corrected chi connectivity index (χ1v) is 4.99. The third kappa shape index (κ3) is 1.90. The molecule has 0 radical (unpaired) electrons. The number of methoxy groups -OCH3 is 1. The number of aromatic nitrogens is 1. The summed E-state index contributed by atoms with van der Waals surface area (Å²) in [5.41, 5.74) is 0.644. The zero-order valence-electron chi connectivity index (χ0n) is 8.16. The molecule has 1 aromatic rings. The first-order valence-electron chi connectivity index (χ1n) is 4.61. The summed E-state index contributed by atoms with van der Waals surface area (Å²) in [6, 6.07) is 1.69. The highest BCUT2D eigenvalue weighted by Crippen LogP contribution is 2.41. The number of hydrogen-bond donors (Lipinski definition) is 1. The SMILES string of the molecule is COc1c(Cl)cc(C2CC2)nc1C(=O)O. The lowest BCUT2D eigenvalue weighted by Crippen LogP contribution is -2.06. The Kier molecular flexibility index (Phi) is 2.52. The first kappa shape index (κ1) is 10.2. The summed E-state index contributed by atoms with van der Waals surface area (Å²) in [5, 5.41) is 9.26. The predicted octanol–water partition coefficient (Wildman–Crippen LogP) is 2.32. The van der Waals surface area contributed by atoms with Crippen LogP contribution in [0.5, 0.6) is 5.75 Å². The number of pyridine rings is 1. The number of carboxylic acids is 1. The Bertz CT molecular complexity index is 415. The molecule has 80 valence electrons. The summed E-state index contributed by atoms with van der Waals surface area (Å²) in [6.07, 6.45) is 2.10. The molecule has 1 heterocycles. The number of ether oxygens (including phenoxy) is 1. The zero-order chi connectivity index (χ0) is 11.0. The summed E-state index contributed by atoms with van der Waals surface area (Å²) in [4.78, 5) is 15.0. The van der Waals surface area contributed by atoms with E-state index in [2.05, 4.69) is 4.98 Å². The molecule has 1 saturated carbocycles. The average Bonchev–Trinajstić information content (AvgIpc) is 2.99. The molecule has 0 aromatic carbocycles. The molecule has 0 saturated heterocycles. The Morgan fingerprint density at radius 3 is 2.80 bits per heavy atom. The van der Waals surface area contributed by atoms with Crippen LogP contribution in [0.1, 0.15) is 34.9 Å². The van der Waals surface area contributed by atoms with Crippen LogP contribution in [0.4, 0.5) is 0 Å². The fraction of sp³-hybridized carbons (Fsp3) is 0.400. The maximum atomic E-state index is 10.9. The number of hydrogen-bond acceptors (Lipinski definition) is 3. The summed E-state index contributed by atoms with van der Waals surface area (Å²) in [6.45, 7) is 0. The second kappa shape index (κ2) is 3.70. The molecule has 4 nitrogen and oxygen atoms in total. The Hall–Kier alpha value is -1.29. The van der Waals surface area contributed by atoms with Gasteiger partial charge in [0.2, 0.25) is 0 Å². The van der Waals surface area contributed by atoms with E-state index in [-0.39, 0.29) is 11.4 Å². The van der Waals surface area contributed by atoms with Crippen molar-refractivity contribution in [3.05, 3.63) is 22.5 Å². The normalized spacial score (nSPS) is 15.1. The number of halogens is 1. The summed E-state index contributed by atoms with van der Waals surface area (Å²) in [5.74, 6) is -0.615. The molecule has 1 N–H and O–H groups in total. The molecule has 5 heteroatoms. The molecule has 2 rings (SSSR count). The largest absolute Gasteiger partial charge is 0.493 e. The fourth-order valence-corrected chi connectivity index (χ4v) is 1.73. The van der Waals surface area contributed by atoms with Gasteiger partial charge in [-0.15, -0.1) is 0 Å². The van der Waals surface area contributed by atoms with Crippen molar-refractivity contribution < 1.29 is 14.6 Å². The standard InChI is InChI=1S/C10H10ClNO3/c1-15-9-6(11)4-7(5-2-3-5)12-8(9)10(13)14/h4-5H,2-3H2,1H3,(H,13,14). The van der Waals surface area contributed by atoms with Crippen molar-refractivity contribution in [2.24, 2.45) is 0 Å². The van der Waals surface area contributed by atoms with E-state index < -0.39 is 5.97 Å². The Labute approximate surface area is 91.8 Å². The predicted molar refractivity (Wildman–Crippen MR) is 54.7 cm³/mol. The minimum atomic E-state index is -1.11. The molecule has 0 amide bonds. The molecule has 1 fully saturated rings. The quantitative estimate of drug-likeness (QED) is 0.861. The van der Waals surface area contributed by atoms with Crippen molar-refractivity contribution in [3.8, 4) is 5.75 Å². The van der Waals surface area contributed by atoms with Crippen LogP contribution in [0.2, 0.25) is 5.02 Å². The number of carbonyl (C=O) groups is 1. The van der Waals surface area contributed by atoms with E-state index in [0.29, 0.717) is 10.9 Å². The second-order valence-electron chi connectivity index (χ2n) is 3.49. The Balaban J connectivity index is 2.52. The summed E-state index contributed by atoms with van der Waals surface area (Å²) >= 11 is 5.92. The molecule has 0 spiro atoms. The third-order valence-electron chi connectivity index (χ3n) is 2.35. The monoisotopic (exact) mass is 227 g/mol. The van der Waals surface area contributed by atoms with E-state index in [4.69, 9.17) is 21.4 Å². The van der Waals surface area contributed by atoms with Gasteiger partial charge in [-0.3, -0.25) is 0 Å². The molecule has 0 atom stereocenters. The van der Waals surface area contributed by atoms with Crippen molar-refractivity contribution in [1.82, 2.24) is 4.98 Å². The second-order valence-corrected chi connectivity index (χ2v) is 3.90. The van der Waals surface area contributed by atoms with E-state index in [1.54, 1.807) is 6.07 Å². The molecular formula is C10H10ClNO3. The van der Waals surface area contributed by atoms with E-state index in [0.717, 1.165) is 18.5 Å². The van der Waals surface area contributed by atoms with Crippen molar-refractivity contribution in [3.63, 3.8) is 0 Å². The number of nitrogens with zero attached hydrogens (tertiary/aromatic N) is 1. The van der Waals surface area contributed by atoms with E-state index in [1.165, 1.54) is 7.11 Å². The van der Waals surface area contributed by atoms with Gasteiger partial charge < -0.3 is 9.84 Å². The summed E-state index contributed by atoms with van der Waals surface area (Å²) in [7, 11) is 1.38. The molecule has 15 heavy (non-hydrogen) atoms. The van der Waals surface area contributed by atoms with Crippen LogP contribution >= 0.6 is 11.6 Å². The van der Waals surface area contributed by atoms with Crippen LogP contribution in [0.25, 0.3) is 0 Å². The van der Waals surface area contributed by atoms with Crippen LogP contribution < -0.4 is 4.74 Å². The van der Waals surface area contributed by atoms with Crippen LogP contribution in [-0.4, -0.2) is 23.2 Å². The highest BCUT2D eigenvalue weighted by atomic mass is 35.5. The van der Waals surface area contributed by atoms with Crippen molar-refractivity contribution in [2.45, 2.75) is 18.8 Å². The minimum absolute atomic E-state index is 0.105. The maximum Gasteiger partial charge on any atom is 0.358 e. The summed E-state index contributed by atoms with van der Waals surface area (Å²) < 4.78 is 4.92. The van der Waals surface area contributed by atoms with E-state index in [9.17, 15) is 4.79 Å². The molecular weight excluding hydrogens is 218 g/mol. The molecule has 1 aliphatic rings. The number of carboxylic acid groups (broad SMARTS) is 1. The van der Waals surface area contributed by atoms with E-state index >= 15 is 0 Å². The topological polar surface area (TPSA) is 59.4 Å². The van der Waals surface area contributed by atoms with Gasteiger partial charge in [-0.2, -0.15) is 0 Å². The van der Waals surface area contributed by atoms with Crippen molar-refractivity contribution >= 4 is 17.6 Å². The van der Waals surface area contributed by atoms with Gasteiger partial charge in [0.05, 0.1) is 12.1 Å². The van der Waals surface area contributed by atoms with Gasteiger partial charge in [-0.05, 0) is 18.9 Å². The maximum absolute atomic E-state index is 10.9. The Morgan fingerprint density at radius 1 is 1.67 bits per heavy atom. The van der Waals surface area contributed by atoms with Crippen LogP contribution in [0.15, 0.2) is 6.07 Å². The van der Waals surface area contributed by atoms with E-state index in [1.807, 2.05) is 0 Å². The van der Waals surface area contributed by atoms with Crippen molar-refractivity contribution in [2.75, 3.05) is 7.11 Å². The van der Waals surface area contributed by atoms with Gasteiger partial charge in [-0.25, -0.2) is 9.78 Å². The van der Waals surface area contributed by atoms with Crippen LogP contribution in [-0.2, 0) is 0 Å². The highest BCUT2D eigenvalue weighted by molar-refractivity contribution is 6.32. The molecule has 0 unspecified atom stereocenters. The number of aromatic carboxylic acids is 1. The van der Waals surface area contributed by atoms with Gasteiger partial charge in [-0.1, -0.05) is 11.6 Å². The lowest BCUT2D eigenvalue weighted by molar-refractivity contribution is 0.0686. The van der Waals surface area contributed by atoms with Crippen LogP contribution in [0.3, 0.4) is 0 Å². The Morgan fingerprint density at radius 2 is 2.33 bits per heavy atom. The van der Waals surface area contributed by atoms with Gasteiger partial charge in [0.15, 0.2) is 11.4 Å². The molecule has 1 aromatic heterocycles. The highest BCUT2D eigenvalue weighted by Gasteiger charge is 2.28. The fourth-order valence-electron chi connectivity index (χ4n) is 1.45. The molecule has 0 bridgehead atoms. The van der Waals surface area contributed by atoms with Crippen molar-refractivity contribution in [1.29, 1.82) is 0 Å². The van der Waals surface area contributed by atoms with Crippen LogP contribution in [0, 0.1) is 0 Å². The van der Waals surface area contributed by atoms with Gasteiger partial charge in [0, 0.05) is 11.6 Å². The minimum Gasteiger partial charge on any atom is -0.493 e. The smallest absolute Gasteiger partial charge is 0.358 e. The molecule has 1 aliphatic carbocycles. The number of rotatable bonds is 3. The third-order valence-corrected chi connectivity index (χ3v) is 2.63. The first-order chi connectivity index (χ1) is 7.13. The van der Waals surface area contributed by atoms with Gasteiger partial charge >= 0.3 is 5.97 Å². The van der Waals surface area contributed by atoms with Gasteiger partial charge in [0.25, 0.3) is 0 Å². The van der Waals surface area contributed by atoms with Gasteiger partial charge in [0.1, 0.15) is 0 Å². The lowest BCUT2D eigenvalue weighted by Gasteiger charge is -2.08. The molecule has 0 aliphatic heterocycles.